The summed E-state index contributed by atoms with van der Waals surface area (Å²) in [5.41, 5.74) is 0.769. The Kier molecular flexibility index (Phi) is 6.41. The Morgan fingerprint density at radius 3 is 2.91 bits per heavy atom. The molecule has 128 valence electrons. The minimum atomic E-state index is -0.447. The lowest BCUT2D eigenvalue weighted by Gasteiger charge is -2.33. The van der Waals surface area contributed by atoms with Crippen molar-refractivity contribution in [1.82, 2.24) is 15.2 Å². The first kappa shape index (κ1) is 18.2. The van der Waals surface area contributed by atoms with Crippen molar-refractivity contribution in [3.8, 4) is 0 Å². The third-order valence-corrected chi connectivity index (χ3v) is 4.20. The highest BCUT2D eigenvalue weighted by molar-refractivity contribution is 9.10. The molecule has 2 heterocycles. The van der Waals surface area contributed by atoms with E-state index in [0.717, 1.165) is 37.1 Å². The fraction of sp³-hybridized carbons (Fsp3) is 0.647. The van der Waals surface area contributed by atoms with Gasteiger partial charge in [0.1, 0.15) is 10.2 Å². The van der Waals surface area contributed by atoms with Crippen LogP contribution in [0.15, 0.2) is 22.9 Å². The first-order valence-corrected chi connectivity index (χ1v) is 8.91. The third-order valence-electron chi connectivity index (χ3n) is 3.73. The van der Waals surface area contributed by atoms with Gasteiger partial charge in [0.25, 0.3) is 0 Å². The van der Waals surface area contributed by atoms with Crippen LogP contribution in [0, 0.1) is 5.92 Å². The molecular formula is C17H26BrN3O2. The number of carbonyl (C=O) groups excluding carboxylic acids is 1. The zero-order chi connectivity index (χ0) is 16.9. The number of amides is 1. The molecule has 1 amide bonds. The summed E-state index contributed by atoms with van der Waals surface area (Å²) in [6.07, 6.45) is 3.88. The normalized spacial score (nSPS) is 19.4. The fourth-order valence-corrected chi connectivity index (χ4v) is 3.00. The molecule has 1 aliphatic rings. The van der Waals surface area contributed by atoms with Gasteiger partial charge in [-0.3, -0.25) is 4.90 Å². The average molecular weight is 384 g/mol. The van der Waals surface area contributed by atoms with E-state index in [9.17, 15) is 4.79 Å². The summed E-state index contributed by atoms with van der Waals surface area (Å²) in [6, 6.07) is 4.07. The molecule has 1 unspecified atom stereocenters. The first-order chi connectivity index (χ1) is 10.8. The van der Waals surface area contributed by atoms with Crippen LogP contribution in [0.4, 0.5) is 4.79 Å². The lowest BCUT2D eigenvalue weighted by molar-refractivity contribution is 0.0506. The standard InChI is InChI=1S/C17H26BrN3O2/c1-17(2,3)23-16(22)20-10-13-5-4-8-21(11-13)12-14-6-7-15(18)19-9-14/h6-7,9,13H,4-5,8,10-12H2,1-3H3,(H,20,22). The van der Waals surface area contributed by atoms with Gasteiger partial charge in [-0.15, -0.1) is 0 Å². The van der Waals surface area contributed by atoms with Gasteiger partial charge in [0.2, 0.25) is 0 Å². The molecule has 0 aromatic carbocycles. The third kappa shape index (κ3) is 6.87. The Balaban J connectivity index is 1.77. The fourth-order valence-electron chi connectivity index (χ4n) is 2.76. The van der Waals surface area contributed by atoms with Crippen molar-refractivity contribution in [3.05, 3.63) is 28.5 Å². The monoisotopic (exact) mass is 383 g/mol. The average Bonchev–Trinajstić information content (AvgIpc) is 2.46. The number of likely N-dealkylation sites (tertiary alicyclic amines) is 1. The molecule has 23 heavy (non-hydrogen) atoms. The number of nitrogens with one attached hydrogen (secondary N) is 1. The second-order valence-corrected chi connectivity index (χ2v) is 7.93. The molecular weight excluding hydrogens is 358 g/mol. The summed E-state index contributed by atoms with van der Waals surface area (Å²) < 4.78 is 6.15. The quantitative estimate of drug-likeness (QED) is 0.807. The van der Waals surface area contributed by atoms with E-state index in [-0.39, 0.29) is 6.09 Å². The van der Waals surface area contributed by atoms with E-state index in [1.54, 1.807) is 0 Å². The highest BCUT2D eigenvalue weighted by atomic mass is 79.9. The van der Waals surface area contributed by atoms with Crippen LogP contribution in [0.3, 0.4) is 0 Å². The zero-order valence-corrected chi connectivity index (χ0v) is 15.7. The molecule has 1 N–H and O–H groups in total. The van der Waals surface area contributed by atoms with Crippen molar-refractivity contribution < 1.29 is 9.53 Å². The van der Waals surface area contributed by atoms with Crippen LogP contribution in [0.25, 0.3) is 0 Å². The van der Waals surface area contributed by atoms with Gasteiger partial charge < -0.3 is 10.1 Å². The number of aromatic nitrogens is 1. The van der Waals surface area contributed by atoms with Gasteiger partial charge in [-0.05, 0) is 73.6 Å². The van der Waals surface area contributed by atoms with Gasteiger partial charge >= 0.3 is 6.09 Å². The zero-order valence-electron chi connectivity index (χ0n) is 14.1. The number of alkyl carbamates (subject to hydrolysis) is 1. The molecule has 0 spiro atoms. The van der Waals surface area contributed by atoms with Crippen molar-refractivity contribution in [3.63, 3.8) is 0 Å². The molecule has 5 nitrogen and oxygen atoms in total. The van der Waals surface area contributed by atoms with Crippen LogP contribution in [0.1, 0.15) is 39.2 Å². The predicted molar refractivity (Wildman–Crippen MR) is 94.2 cm³/mol. The smallest absolute Gasteiger partial charge is 0.407 e. The maximum Gasteiger partial charge on any atom is 0.407 e. The summed E-state index contributed by atoms with van der Waals surface area (Å²) in [7, 11) is 0. The van der Waals surface area contributed by atoms with Crippen LogP contribution in [-0.2, 0) is 11.3 Å². The van der Waals surface area contributed by atoms with Crippen molar-refractivity contribution in [2.75, 3.05) is 19.6 Å². The van der Waals surface area contributed by atoms with E-state index >= 15 is 0 Å². The largest absolute Gasteiger partial charge is 0.444 e. The van der Waals surface area contributed by atoms with E-state index in [0.29, 0.717) is 12.5 Å². The summed E-state index contributed by atoms with van der Waals surface area (Å²) in [5, 5.41) is 2.89. The molecule has 1 aromatic rings. The van der Waals surface area contributed by atoms with Gasteiger partial charge in [0.05, 0.1) is 0 Å². The maximum absolute atomic E-state index is 11.7. The second-order valence-electron chi connectivity index (χ2n) is 7.12. The van der Waals surface area contributed by atoms with Gasteiger partial charge in [0.15, 0.2) is 0 Å². The number of halogens is 1. The highest BCUT2D eigenvalue weighted by Crippen LogP contribution is 2.18. The molecule has 2 rings (SSSR count). The van der Waals surface area contributed by atoms with Gasteiger partial charge in [-0.1, -0.05) is 6.07 Å². The molecule has 0 saturated carbocycles. The van der Waals surface area contributed by atoms with Crippen LogP contribution in [0.2, 0.25) is 0 Å². The van der Waals surface area contributed by atoms with Gasteiger partial charge in [-0.2, -0.15) is 0 Å². The van der Waals surface area contributed by atoms with E-state index in [1.807, 2.05) is 33.0 Å². The van der Waals surface area contributed by atoms with E-state index in [4.69, 9.17) is 4.74 Å². The number of rotatable bonds is 4. The van der Waals surface area contributed by atoms with E-state index in [2.05, 4.69) is 37.2 Å². The van der Waals surface area contributed by atoms with Gasteiger partial charge in [0, 0.05) is 25.8 Å². The van der Waals surface area contributed by atoms with Crippen molar-refractivity contribution in [1.29, 1.82) is 0 Å². The van der Waals surface area contributed by atoms with Crippen molar-refractivity contribution in [2.24, 2.45) is 5.92 Å². The molecule has 1 fully saturated rings. The highest BCUT2D eigenvalue weighted by Gasteiger charge is 2.22. The number of pyridine rings is 1. The number of piperidine rings is 1. The Morgan fingerprint density at radius 1 is 1.48 bits per heavy atom. The topological polar surface area (TPSA) is 54.5 Å². The minimum Gasteiger partial charge on any atom is -0.444 e. The molecule has 6 heteroatoms. The molecule has 0 bridgehead atoms. The molecule has 1 saturated heterocycles. The number of hydrogen-bond acceptors (Lipinski definition) is 4. The van der Waals surface area contributed by atoms with Crippen LogP contribution >= 0.6 is 15.9 Å². The first-order valence-electron chi connectivity index (χ1n) is 8.11. The Morgan fingerprint density at radius 2 is 2.26 bits per heavy atom. The van der Waals surface area contributed by atoms with Crippen LogP contribution in [0.5, 0.6) is 0 Å². The molecule has 1 aliphatic heterocycles. The maximum atomic E-state index is 11.7. The summed E-state index contributed by atoms with van der Waals surface area (Å²) in [5.74, 6) is 0.472. The van der Waals surface area contributed by atoms with Crippen molar-refractivity contribution in [2.45, 2.75) is 45.8 Å². The Bertz CT molecular complexity index is 514. The van der Waals surface area contributed by atoms with Crippen LogP contribution in [-0.4, -0.2) is 41.2 Å². The van der Waals surface area contributed by atoms with Gasteiger partial charge in [-0.25, -0.2) is 9.78 Å². The molecule has 1 atom stereocenters. The predicted octanol–water partition coefficient (Wildman–Crippen LogP) is 3.58. The summed E-state index contributed by atoms with van der Waals surface area (Å²) >= 11 is 3.36. The molecule has 0 aliphatic carbocycles. The lowest BCUT2D eigenvalue weighted by Crippen LogP contribution is -2.41. The second kappa shape index (κ2) is 8.11. The minimum absolute atomic E-state index is 0.327. The molecule has 0 radical (unpaired) electrons. The number of nitrogens with zero attached hydrogens (tertiary/aromatic N) is 2. The number of carbonyl (C=O) groups is 1. The number of ether oxygens (including phenoxy) is 1. The number of hydrogen-bond donors (Lipinski definition) is 1. The summed E-state index contributed by atoms with van der Waals surface area (Å²) in [4.78, 5) is 18.4. The van der Waals surface area contributed by atoms with E-state index in [1.165, 1.54) is 5.56 Å². The summed E-state index contributed by atoms with van der Waals surface area (Å²) in [6.45, 7) is 9.29. The lowest BCUT2D eigenvalue weighted by atomic mass is 9.97. The Labute approximate surface area is 146 Å². The van der Waals surface area contributed by atoms with Crippen LogP contribution < -0.4 is 5.32 Å². The molecule has 1 aromatic heterocycles. The van der Waals surface area contributed by atoms with E-state index < -0.39 is 5.60 Å². The Hall–Kier alpha value is -1.14. The van der Waals surface area contributed by atoms with Crippen molar-refractivity contribution >= 4 is 22.0 Å². The SMILES string of the molecule is CC(C)(C)OC(=O)NCC1CCCN(Cc2ccc(Br)nc2)C1.